The molecule has 0 saturated heterocycles. The zero-order chi connectivity index (χ0) is 12.3. The van der Waals surface area contributed by atoms with E-state index < -0.39 is 35.8 Å². The molecule has 0 aromatic carbocycles. The predicted octanol–water partition coefficient (Wildman–Crippen LogP) is 0.549. The van der Waals surface area contributed by atoms with Crippen LogP contribution in [-0.4, -0.2) is 39.7 Å². The summed E-state index contributed by atoms with van der Waals surface area (Å²) < 4.78 is 36.0. The minimum Gasteiger partial charge on any atom is -0.479 e. The quantitative estimate of drug-likeness (QED) is 0.376. The third kappa shape index (κ3) is 3.33. The van der Waals surface area contributed by atoms with Gasteiger partial charge in [0.05, 0.1) is 12.3 Å². The van der Waals surface area contributed by atoms with Crippen molar-refractivity contribution < 1.29 is 33.1 Å². The van der Waals surface area contributed by atoms with Crippen LogP contribution < -0.4 is 5.48 Å². The second kappa shape index (κ2) is 4.77. The lowest BCUT2D eigenvalue weighted by atomic mass is 9.91. The van der Waals surface area contributed by atoms with Gasteiger partial charge in [-0.3, -0.25) is 4.79 Å². The molecule has 0 bridgehead atoms. The van der Waals surface area contributed by atoms with Gasteiger partial charge in [0, 0.05) is 0 Å². The molecule has 1 atom stereocenters. The molecule has 0 aliphatic heterocycles. The highest BCUT2D eigenvalue weighted by molar-refractivity contribution is 6.31. The Balaban J connectivity index is 5.17. The van der Waals surface area contributed by atoms with Crippen LogP contribution in [0.3, 0.4) is 0 Å². The summed E-state index contributed by atoms with van der Waals surface area (Å²) in [4.78, 5) is 21.5. The summed E-state index contributed by atoms with van der Waals surface area (Å²) in [7, 11) is 0. The number of hydrogen-bond acceptors (Lipinski definition) is 4. The highest BCUT2D eigenvalue weighted by Gasteiger charge is 2.53. The van der Waals surface area contributed by atoms with Crippen molar-refractivity contribution in [1.29, 1.82) is 0 Å². The van der Waals surface area contributed by atoms with Gasteiger partial charge in [-0.15, -0.1) is 11.6 Å². The fraction of sp³-hybridized carbons (Fsp3) is 0.667. The number of carbonyl (C=O) groups is 2. The number of hydrogen-bond donors (Lipinski definition) is 3. The van der Waals surface area contributed by atoms with Gasteiger partial charge in [-0.1, -0.05) is 0 Å². The summed E-state index contributed by atoms with van der Waals surface area (Å²) in [5.41, 5.74) is -2.27. The molecule has 0 fully saturated rings. The van der Waals surface area contributed by atoms with E-state index in [1.165, 1.54) is 0 Å². The lowest BCUT2D eigenvalue weighted by molar-refractivity contribution is -0.182. The molecule has 0 aliphatic carbocycles. The van der Waals surface area contributed by atoms with Crippen LogP contribution in [0.25, 0.3) is 0 Å². The van der Waals surface area contributed by atoms with E-state index in [9.17, 15) is 22.8 Å². The monoisotopic (exact) mass is 249 g/mol. The number of carbonyl (C=O) groups excluding carboxylic acids is 1. The van der Waals surface area contributed by atoms with Gasteiger partial charge in [-0.2, -0.15) is 18.7 Å². The second-order valence-corrected chi connectivity index (χ2v) is 2.94. The van der Waals surface area contributed by atoms with E-state index in [1.807, 2.05) is 0 Å². The average molecular weight is 250 g/mol. The van der Waals surface area contributed by atoms with E-state index >= 15 is 0 Å². The van der Waals surface area contributed by atoms with Gasteiger partial charge >= 0.3 is 12.1 Å². The van der Waals surface area contributed by atoms with E-state index in [0.29, 0.717) is 0 Å². The molecule has 0 aromatic rings. The highest BCUT2D eigenvalue weighted by Crippen LogP contribution is 2.28. The molecule has 15 heavy (non-hydrogen) atoms. The molecule has 1 unspecified atom stereocenters. The first-order valence-electron chi connectivity index (χ1n) is 3.50. The first kappa shape index (κ1) is 14.1. The lowest BCUT2D eigenvalue weighted by Gasteiger charge is -2.26. The number of Topliss-reactive ketones (excluding diaryl/α,β-unsaturated/α-hetero) is 1. The van der Waals surface area contributed by atoms with E-state index in [4.69, 9.17) is 21.9 Å². The van der Waals surface area contributed by atoms with E-state index in [1.54, 1.807) is 0 Å². The molecular formula is C6H7ClF3NO4. The molecular weight excluding hydrogens is 243 g/mol. The van der Waals surface area contributed by atoms with Crippen molar-refractivity contribution in [2.75, 3.05) is 5.88 Å². The summed E-state index contributed by atoms with van der Waals surface area (Å²) >= 11 is 4.96. The zero-order valence-corrected chi connectivity index (χ0v) is 7.89. The van der Waals surface area contributed by atoms with Crippen LogP contribution in [0.1, 0.15) is 6.42 Å². The van der Waals surface area contributed by atoms with Crippen molar-refractivity contribution in [3.8, 4) is 0 Å². The molecule has 0 spiro atoms. The van der Waals surface area contributed by atoms with Gasteiger partial charge < -0.3 is 10.3 Å². The number of carboxylic acids is 1. The topological polar surface area (TPSA) is 86.6 Å². The Labute approximate surface area is 86.8 Å². The number of aliphatic carboxylic acids is 1. The highest BCUT2D eigenvalue weighted by atomic mass is 35.5. The molecule has 3 N–H and O–H groups in total. The van der Waals surface area contributed by atoms with Crippen LogP contribution in [0.5, 0.6) is 0 Å². The van der Waals surface area contributed by atoms with Crippen LogP contribution in [0.2, 0.25) is 0 Å². The maximum Gasteiger partial charge on any atom is 0.392 e. The van der Waals surface area contributed by atoms with Gasteiger partial charge in [0.25, 0.3) is 0 Å². The number of halogens is 4. The summed E-state index contributed by atoms with van der Waals surface area (Å²) in [5.74, 6) is -4.58. The molecule has 0 rings (SSSR count). The molecule has 0 saturated carbocycles. The minimum atomic E-state index is -4.93. The molecule has 0 aliphatic rings. The first-order chi connectivity index (χ1) is 6.69. The minimum absolute atomic E-state index is 0.869. The van der Waals surface area contributed by atoms with Crippen LogP contribution in [0.4, 0.5) is 13.2 Å². The molecule has 0 radical (unpaired) electrons. The Bertz CT molecular complexity index is 270. The number of nitrogens with one attached hydrogen (secondary N) is 1. The molecule has 5 nitrogen and oxygen atoms in total. The Morgan fingerprint density at radius 1 is 1.33 bits per heavy atom. The summed E-state index contributed by atoms with van der Waals surface area (Å²) in [6.45, 7) is 0. The predicted molar refractivity (Wildman–Crippen MR) is 41.7 cm³/mol. The van der Waals surface area contributed by atoms with Crippen molar-refractivity contribution >= 4 is 23.4 Å². The second-order valence-electron chi connectivity index (χ2n) is 2.67. The van der Waals surface area contributed by atoms with E-state index in [0.717, 1.165) is 5.48 Å². The lowest BCUT2D eigenvalue weighted by Crippen LogP contribution is -2.59. The Hall–Kier alpha value is -0.860. The smallest absolute Gasteiger partial charge is 0.392 e. The van der Waals surface area contributed by atoms with Crippen molar-refractivity contribution in [2.45, 2.75) is 18.1 Å². The third-order valence-electron chi connectivity index (χ3n) is 1.62. The van der Waals surface area contributed by atoms with Crippen molar-refractivity contribution in [3.63, 3.8) is 0 Å². The largest absolute Gasteiger partial charge is 0.479 e. The van der Waals surface area contributed by atoms with Crippen LogP contribution in [0, 0.1) is 0 Å². The Kier molecular flexibility index (Phi) is 4.50. The van der Waals surface area contributed by atoms with Gasteiger partial charge in [0.1, 0.15) is 0 Å². The first-order valence-corrected chi connectivity index (χ1v) is 4.03. The van der Waals surface area contributed by atoms with Crippen LogP contribution in [-0.2, 0) is 9.59 Å². The third-order valence-corrected chi connectivity index (χ3v) is 1.86. The van der Waals surface area contributed by atoms with Gasteiger partial charge in [-0.25, -0.2) is 4.79 Å². The van der Waals surface area contributed by atoms with Crippen LogP contribution >= 0.6 is 11.6 Å². The fourth-order valence-corrected chi connectivity index (χ4v) is 1.09. The maximum atomic E-state index is 12.0. The number of hydroxylamine groups is 1. The number of alkyl halides is 4. The SMILES string of the molecule is O=C(O)C(CC(F)(F)F)(NO)C(=O)CCl. The molecule has 0 aromatic heterocycles. The van der Waals surface area contributed by atoms with Crippen molar-refractivity contribution in [1.82, 2.24) is 5.48 Å². The van der Waals surface area contributed by atoms with Crippen molar-refractivity contribution in [3.05, 3.63) is 0 Å². The van der Waals surface area contributed by atoms with Gasteiger partial charge in [0.2, 0.25) is 5.54 Å². The summed E-state index contributed by atoms with van der Waals surface area (Å²) in [5, 5.41) is 16.9. The Morgan fingerprint density at radius 3 is 2.00 bits per heavy atom. The standard InChI is InChI=1S/C6H7ClF3NO4/c7-1-3(12)5(11-15,4(13)14)2-6(8,9)10/h11,15H,1-2H2,(H,13,14). The number of carboxylic acid groups (broad SMARTS) is 1. The average Bonchev–Trinajstić information content (AvgIpc) is 2.10. The van der Waals surface area contributed by atoms with Gasteiger partial charge in [0.15, 0.2) is 5.78 Å². The van der Waals surface area contributed by atoms with Crippen molar-refractivity contribution in [2.24, 2.45) is 0 Å². The molecule has 88 valence electrons. The van der Waals surface area contributed by atoms with Gasteiger partial charge in [-0.05, 0) is 0 Å². The normalized spacial score (nSPS) is 15.8. The maximum absolute atomic E-state index is 12.0. The van der Waals surface area contributed by atoms with E-state index in [2.05, 4.69) is 0 Å². The summed E-state index contributed by atoms with van der Waals surface area (Å²) in [6.07, 6.45) is -6.98. The Morgan fingerprint density at radius 2 is 1.80 bits per heavy atom. The molecule has 9 heteroatoms. The number of ketones is 1. The molecule has 0 heterocycles. The fourth-order valence-electron chi connectivity index (χ4n) is 0.858. The van der Waals surface area contributed by atoms with Crippen LogP contribution in [0.15, 0.2) is 0 Å². The zero-order valence-electron chi connectivity index (χ0n) is 7.14. The van der Waals surface area contributed by atoms with E-state index in [-0.39, 0.29) is 0 Å². The molecule has 0 amide bonds. The number of rotatable bonds is 5. The summed E-state index contributed by atoms with van der Waals surface area (Å²) in [6, 6.07) is 0.